The second-order valence-electron chi connectivity index (χ2n) is 4.75. The van der Waals surface area contributed by atoms with E-state index < -0.39 is 0 Å². The van der Waals surface area contributed by atoms with Crippen molar-refractivity contribution in [2.45, 2.75) is 19.5 Å². The van der Waals surface area contributed by atoms with E-state index in [0.717, 1.165) is 12.2 Å². The van der Waals surface area contributed by atoms with Gasteiger partial charge in [-0.1, -0.05) is 42.5 Å². The summed E-state index contributed by atoms with van der Waals surface area (Å²) in [5.41, 5.74) is 2.43. The van der Waals surface area contributed by atoms with Crippen molar-refractivity contribution in [3.63, 3.8) is 0 Å². The summed E-state index contributed by atoms with van der Waals surface area (Å²) in [5.74, 6) is 0. The molecule has 0 saturated carbocycles. The summed E-state index contributed by atoms with van der Waals surface area (Å²) < 4.78 is 0. The van der Waals surface area contributed by atoms with Crippen LogP contribution in [0.25, 0.3) is 10.8 Å². The topological polar surface area (TPSA) is 40.7 Å². The maximum atomic E-state index is 3.96. The summed E-state index contributed by atoms with van der Waals surface area (Å²) in [6.45, 7) is 2.99. The molecule has 0 fully saturated rings. The van der Waals surface area contributed by atoms with Crippen molar-refractivity contribution in [1.29, 1.82) is 0 Å². The molecule has 1 unspecified atom stereocenters. The summed E-state index contributed by atoms with van der Waals surface area (Å²) >= 11 is 0. The molecule has 3 heteroatoms. The Kier molecular flexibility index (Phi) is 3.29. The molecule has 0 radical (unpaired) electrons. The van der Waals surface area contributed by atoms with Gasteiger partial charge in [-0.15, -0.1) is 0 Å². The van der Waals surface area contributed by atoms with Crippen molar-refractivity contribution >= 4 is 10.8 Å². The quantitative estimate of drug-likeness (QED) is 0.746. The van der Waals surface area contributed by atoms with E-state index in [1.807, 2.05) is 6.07 Å². The predicted octanol–water partition coefficient (Wildman–Crippen LogP) is 3.41. The second kappa shape index (κ2) is 5.24. The first-order chi connectivity index (χ1) is 9.34. The lowest BCUT2D eigenvalue weighted by atomic mass is 10.00. The van der Waals surface area contributed by atoms with Crippen LogP contribution in [0, 0.1) is 0 Å². The molecule has 0 amide bonds. The third kappa shape index (κ3) is 2.51. The van der Waals surface area contributed by atoms with E-state index >= 15 is 0 Å². The van der Waals surface area contributed by atoms with Crippen LogP contribution in [-0.4, -0.2) is 10.2 Å². The smallest absolute Gasteiger partial charge is 0.0490 e. The van der Waals surface area contributed by atoms with E-state index in [1.54, 1.807) is 6.20 Å². The number of hydrogen-bond donors (Lipinski definition) is 2. The monoisotopic (exact) mass is 251 g/mol. The second-order valence-corrected chi connectivity index (χ2v) is 4.75. The van der Waals surface area contributed by atoms with Crippen molar-refractivity contribution in [3.8, 4) is 0 Å². The van der Waals surface area contributed by atoms with E-state index in [9.17, 15) is 0 Å². The third-order valence-electron chi connectivity index (χ3n) is 3.45. The average Bonchev–Trinajstić information content (AvgIpc) is 2.97. The highest BCUT2D eigenvalue weighted by atomic mass is 15.1. The first-order valence-corrected chi connectivity index (χ1v) is 6.54. The van der Waals surface area contributed by atoms with Crippen molar-refractivity contribution in [2.24, 2.45) is 0 Å². The van der Waals surface area contributed by atoms with Gasteiger partial charge in [0.05, 0.1) is 0 Å². The predicted molar refractivity (Wildman–Crippen MR) is 77.8 cm³/mol. The molecular formula is C16H17N3. The highest BCUT2D eigenvalue weighted by Crippen LogP contribution is 2.24. The van der Waals surface area contributed by atoms with Crippen molar-refractivity contribution in [3.05, 3.63) is 66.0 Å². The van der Waals surface area contributed by atoms with Crippen molar-refractivity contribution < 1.29 is 0 Å². The largest absolute Gasteiger partial charge is 0.305 e. The van der Waals surface area contributed by atoms with Gasteiger partial charge < -0.3 is 5.32 Å². The molecule has 3 aromatic rings. The minimum Gasteiger partial charge on any atom is -0.305 e. The van der Waals surface area contributed by atoms with Crippen LogP contribution in [0.3, 0.4) is 0 Å². The van der Waals surface area contributed by atoms with Crippen LogP contribution in [0.5, 0.6) is 0 Å². The lowest BCUT2D eigenvalue weighted by Gasteiger charge is -2.16. The zero-order valence-electron chi connectivity index (χ0n) is 10.9. The van der Waals surface area contributed by atoms with Gasteiger partial charge in [-0.25, -0.2) is 0 Å². The molecule has 1 heterocycles. The van der Waals surface area contributed by atoms with Crippen LogP contribution in [0.1, 0.15) is 24.2 Å². The molecule has 3 rings (SSSR count). The van der Waals surface area contributed by atoms with Crippen LogP contribution >= 0.6 is 0 Å². The van der Waals surface area contributed by atoms with Gasteiger partial charge in [-0.3, -0.25) is 5.10 Å². The standard InChI is InChI=1S/C16H17N3/c1-12(17-11-14-9-10-18-19-14)15-8-4-6-13-5-2-3-7-16(13)15/h2-10,12,17H,11H2,1H3,(H,18,19). The van der Waals surface area contributed by atoms with Crippen molar-refractivity contribution in [2.75, 3.05) is 0 Å². The first-order valence-electron chi connectivity index (χ1n) is 6.54. The maximum Gasteiger partial charge on any atom is 0.0490 e. The fourth-order valence-corrected chi connectivity index (χ4v) is 2.38. The Morgan fingerprint density at radius 1 is 1.11 bits per heavy atom. The molecule has 1 atom stereocenters. The number of benzene rings is 2. The molecule has 0 aliphatic rings. The Morgan fingerprint density at radius 2 is 1.95 bits per heavy atom. The number of rotatable bonds is 4. The number of nitrogens with one attached hydrogen (secondary N) is 2. The number of fused-ring (bicyclic) bond motifs is 1. The minimum absolute atomic E-state index is 0.300. The molecule has 0 spiro atoms. The van der Waals surface area contributed by atoms with Crippen LogP contribution in [-0.2, 0) is 6.54 Å². The fourth-order valence-electron chi connectivity index (χ4n) is 2.38. The molecule has 0 bridgehead atoms. The molecule has 96 valence electrons. The molecule has 1 aromatic heterocycles. The van der Waals surface area contributed by atoms with Gasteiger partial charge in [-0.05, 0) is 29.3 Å². The Balaban J connectivity index is 1.83. The highest BCUT2D eigenvalue weighted by molar-refractivity contribution is 5.86. The van der Waals surface area contributed by atoms with Crippen LogP contribution in [0.15, 0.2) is 54.7 Å². The zero-order valence-corrected chi connectivity index (χ0v) is 10.9. The molecule has 0 saturated heterocycles. The Labute approximate surface area is 112 Å². The van der Waals surface area contributed by atoms with Gasteiger partial charge in [0.1, 0.15) is 0 Å². The van der Waals surface area contributed by atoms with E-state index in [4.69, 9.17) is 0 Å². The number of aromatic amines is 1. The van der Waals surface area contributed by atoms with Gasteiger partial charge in [0, 0.05) is 24.5 Å². The fraction of sp³-hybridized carbons (Fsp3) is 0.188. The number of nitrogens with zero attached hydrogens (tertiary/aromatic N) is 1. The normalized spacial score (nSPS) is 12.7. The summed E-state index contributed by atoms with van der Waals surface area (Å²) in [7, 11) is 0. The molecule has 0 aliphatic heterocycles. The average molecular weight is 251 g/mol. The molecular weight excluding hydrogens is 234 g/mol. The Hall–Kier alpha value is -2.13. The molecule has 2 aromatic carbocycles. The number of aromatic nitrogens is 2. The maximum absolute atomic E-state index is 3.96. The summed E-state index contributed by atoms with van der Waals surface area (Å²) in [4.78, 5) is 0. The van der Waals surface area contributed by atoms with Gasteiger partial charge in [-0.2, -0.15) is 5.10 Å². The number of H-pyrrole nitrogens is 1. The summed E-state index contributed by atoms with van der Waals surface area (Å²) in [5, 5.41) is 13.1. The van der Waals surface area contributed by atoms with E-state index in [-0.39, 0.29) is 0 Å². The van der Waals surface area contributed by atoms with Crippen molar-refractivity contribution in [1.82, 2.24) is 15.5 Å². The van der Waals surface area contributed by atoms with Gasteiger partial charge >= 0.3 is 0 Å². The molecule has 19 heavy (non-hydrogen) atoms. The van der Waals surface area contributed by atoms with Crippen LogP contribution in [0.2, 0.25) is 0 Å². The lowest BCUT2D eigenvalue weighted by Crippen LogP contribution is -2.18. The van der Waals surface area contributed by atoms with E-state index in [1.165, 1.54) is 16.3 Å². The van der Waals surface area contributed by atoms with Gasteiger partial charge in [0.15, 0.2) is 0 Å². The SMILES string of the molecule is CC(NCc1ccn[nH]1)c1cccc2ccccc12. The summed E-state index contributed by atoms with van der Waals surface area (Å²) in [6, 6.07) is 17.2. The third-order valence-corrected chi connectivity index (χ3v) is 3.45. The lowest BCUT2D eigenvalue weighted by molar-refractivity contribution is 0.570. The van der Waals surface area contributed by atoms with Gasteiger partial charge in [0.2, 0.25) is 0 Å². The van der Waals surface area contributed by atoms with E-state index in [2.05, 4.69) is 64.9 Å². The van der Waals surface area contributed by atoms with Gasteiger partial charge in [0.25, 0.3) is 0 Å². The summed E-state index contributed by atoms with van der Waals surface area (Å²) in [6.07, 6.45) is 1.78. The Morgan fingerprint density at radius 3 is 2.79 bits per heavy atom. The molecule has 0 aliphatic carbocycles. The molecule has 2 N–H and O–H groups in total. The van der Waals surface area contributed by atoms with Crippen LogP contribution < -0.4 is 5.32 Å². The highest BCUT2D eigenvalue weighted by Gasteiger charge is 2.08. The van der Waals surface area contributed by atoms with E-state index in [0.29, 0.717) is 6.04 Å². The minimum atomic E-state index is 0.300. The zero-order chi connectivity index (χ0) is 13.1. The Bertz CT molecular complexity index is 653. The van der Waals surface area contributed by atoms with Crippen LogP contribution in [0.4, 0.5) is 0 Å². The number of hydrogen-bond acceptors (Lipinski definition) is 2. The first kappa shape index (κ1) is 11.9. The molecule has 3 nitrogen and oxygen atoms in total.